The van der Waals surface area contributed by atoms with Crippen LogP contribution in [0.1, 0.15) is 13.8 Å². The third-order valence-electron chi connectivity index (χ3n) is 0.513. The zero-order valence-corrected chi connectivity index (χ0v) is 7.52. The van der Waals surface area contributed by atoms with Crippen LogP contribution in [-0.2, 0) is 0 Å². The molecular weight excluding hydrogens is 176 g/mol. The van der Waals surface area contributed by atoms with E-state index in [9.17, 15) is 9.59 Å². The van der Waals surface area contributed by atoms with Gasteiger partial charge < -0.3 is 16.9 Å². The third kappa shape index (κ3) is 38.7. The van der Waals surface area contributed by atoms with Crippen LogP contribution in [-0.4, -0.2) is 30.0 Å². The van der Waals surface area contributed by atoms with E-state index in [2.05, 4.69) is 21.5 Å². The van der Waals surface area contributed by atoms with Crippen molar-refractivity contribution in [3.05, 3.63) is 0 Å². The Morgan fingerprint density at radius 2 is 1.23 bits per heavy atom. The number of nitrogens with two attached hydrogens (primary N) is 2. The molecule has 76 valence electrons. The van der Waals surface area contributed by atoms with E-state index in [0.29, 0.717) is 0 Å². The van der Waals surface area contributed by atoms with Crippen LogP contribution >= 0.6 is 0 Å². The molecule has 0 aromatic carbocycles. The van der Waals surface area contributed by atoms with Gasteiger partial charge in [0.2, 0.25) is 0 Å². The molecule has 0 rings (SSSR count). The lowest BCUT2D eigenvalue weighted by Gasteiger charge is -1.70. The molecule has 4 amide bonds. The Bertz CT molecular complexity index is 178. The van der Waals surface area contributed by atoms with Crippen LogP contribution in [0.3, 0.4) is 0 Å². The van der Waals surface area contributed by atoms with E-state index in [4.69, 9.17) is 0 Å². The molecule has 0 heterocycles. The quantitative estimate of drug-likeness (QED) is 0.496. The average molecular weight is 190 g/mol. The lowest BCUT2D eigenvalue weighted by Crippen LogP contribution is -2.02. The Hall–Kier alpha value is -1.76. The van der Waals surface area contributed by atoms with E-state index in [-0.39, 0.29) is 5.48 Å². The van der Waals surface area contributed by atoms with Gasteiger partial charge in [0, 0.05) is 12.4 Å². The number of amides is 4. The smallest absolute Gasteiger partial charge is 0.337 e. The fourth-order valence-corrected chi connectivity index (χ4v) is 0.254. The predicted molar refractivity (Wildman–Crippen MR) is 51.1 cm³/mol. The predicted octanol–water partition coefficient (Wildman–Crippen LogP) is -0.513. The molecule has 6 N–H and O–H groups in total. The van der Waals surface area contributed by atoms with Crippen molar-refractivity contribution in [2.75, 3.05) is 0 Å². The zero-order chi connectivity index (χ0) is 9.98. The Morgan fingerprint density at radius 3 is 1.23 bits per heavy atom. The van der Waals surface area contributed by atoms with E-state index in [1.54, 1.807) is 13.8 Å². The van der Waals surface area contributed by atoms with Crippen molar-refractivity contribution in [3.63, 3.8) is 0 Å². The maximum atomic E-state index is 9.62. The number of hydrogen-bond donors (Lipinski definition) is 2. The lowest BCUT2D eigenvalue weighted by atomic mass is 10.9. The summed E-state index contributed by atoms with van der Waals surface area (Å²) >= 11 is 0. The van der Waals surface area contributed by atoms with Crippen molar-refractivity contribution in [3.8, 4) is 0 Å². The van der Waals surface area contributed by atoms with Crippen molar-refractivity contribution in [2.45, 2.75) is 13.8 Å². The Morgan fingerprint density at radius 1 is 1.00 bits per heavy atom. The van der Waals surface area contributed by atoms with E-state index >= 15 is 0 Å². The van der Waals surface area contributed by atoms with E-state index in [1.807, 2.05) is 0 Å². The summed E-state index contributed by atoms with van der Waals surface area (Å²) in [6.07, 6.45) is 2.70. The minimum atomic E-state index is -0.641. The first-order chi connectivity index (χ1) is 5.54. The highest BCUT2D eigenvalue weighted by atomic mass is 16.2. The molecule has 0 fully saturated rings. The number of carbonyl (C=O) groups excluding carboxylic acids is 2. The van der Waals surface area contributed by atoms with Crippen LogP contribution in [0.15, 0.2) is 9.98 Å². The minimum Gasteiger partial charge on any atom is -0.412 e. The molecule has 0 unspecified atom stereocenters. The number of primary amides is 2. The summed E-state index contributed by atoms with van der Waals surface area (Å²) in [5.41, 5.74) is 9.13. The molecule has 0 aromatic heterocycles. The Kier molecular flexibility index (Phi) is 17.2. The van der Waals surface area contributed by atoms with Crippen LogP contribution in [0.5, 0.6) is 0 Å². The lowest BCUT2D eigenvalue weighted by molar-refractivity contribution is 0.256. The van der Waals surface area contributed by atoms with Crippen LogP contribution in [0.25, 0.3) is 0 Å². The number of rotatable bonds is 0. The van der Waals surface area contributed by atoms with Gasteiger partial charge >= 0.3 is 12.1 Å². The normalized spacial score (nSPS) is 8.77. The molecule has 0 atom stereocenters. The summed E-state index contributed by atoms with van der Waals surface area (Å²) in [7, 11) is 0. The number of hydrogen-bond acceptors (Lipinski definition) is 2. The van der Waals surface area contributed by atoms with Crippen molar-refractivity contribution in [1.82, 2.24) is 0 Å². The summed E-state index contributed by atoms with van der Waals surface area (Å²) in [6, 6.07) is -1.28. The molecular formula is C6H14N4O3. The number of carbonyl (C=O) groups is 2. The molecule has 0 radical (unpaired) electrons. The van der Waals surface area contributed by atoms with Crippen LogP contribution < -0.4 is 11.5 Å². The van der Waals surface area contributed by atoms with Gasteiger partial charge in [0.25, 0.3) is 0 Å². The minimum absolute atomic E-state index is 0. The molecule has 0 saturated heterocycles. The van der Waals surface area contributed by atoms with Gasteiger partial charge in [-0.15, -0.1) is 0 Å². The summed E-state index contributed by atoms with van der Waals surface area (Å²) in [6.45, 7) is 3.26. The second kappa shape index (κ2) is 12.9. The Labute approximate surface area is 75.8 Å². The van der Waals surface area contributed by atoms with Crippen molar-refractivity contribution >= 4 is 24.5 Å². The standard InChI is InChI=1S/2C3H6N2O.H2O/c2*1-2-5-3(4)6;/h2*2H,1H3,(H2,4,6);1H2. The molecule has 0 aliphatic carbocycles. The summed E-state index contributed by atoms with van der Waals surface area (Å²) in [4.78, 5) is 25.5. The highest BCUT2D eigenvalue weighted by molar-refractivity contribution is 5.81. The van der Waals surface area contributed by atoms with Gasteiger partial charge in [0.05, 0.1) is 0 Å². The SMILES string of the molecule is CC=NC(N)=O.CC=NC(N)=O.O. The summed E-state index contributed by atoms with van der Waals surface area (Å²) in [5.74, 6) is 0. The fraction of sp³-hybridized carbons (Fsp3) is 0.333. The highest BCUT2D eigenvalue weighted by Gasteiger charge is 1.74. The van der Waals surface area contributed by atoms with Crippen LogP contribution in [0, 0.1) is 0 Å². The number of urea groups is 2. The maximum Gasteiger partial charge on any atom is 0.337 e. The number of nitrogens with zero attached hydrogens (tertiary/aromatic N) is 2. The van der Waals surface area contributed by atoms with E-state index in [1.165, 1.54) is 12.4 Å². The monoisotopic (exact) mass is 190 g/mol. The first-order valence-electron chi connectivity index (χ1n) is 3.10. The van der Waals surface area contributed by atoms with E-state index in [0.717, 1.165) is 0 Å². The molecule has 0 bridgehead atoms. The van der Waals surface area contributed by atoms with E-state index < -0.39 is 12.1 Å². The van der Waals surface area contributed by atoms with Crippen LogP contribution in [0.4, 0.5) is 9.59 Å². The average Bonchev–Trinajstić information content (AvgIpc) is 1.87. The summed E-state index contributed by atoms with van der Waals surface area (Å²) < 4.78 is 0. The molecule has 0 aliphatic heterocycles. The highest BCUT2D eigenvalue weighted by Crippen LogP contribution is 1.59. The van der Waals surface area contributed by atoms with Gasteiger partial charge in [0.1, 0.15) is 0 Å². The molecule has 0 aliphatic rings. The van der Waals surface area contributed by atoms with Crippen LogP contribution in [0.2, 0.25) is 0 Å². The van der Waals surface area contributed by atoms with Gasteiger partial charge in [-0.3, -0.25) is 0 Å². The number of aliphatic imine (C=N–C) groups is 2. The second-order valence-electron chi connectivity index (χ2n) is 1.45. The van der Waals surface area contributed by atoms with Gasteiger partial charge in [-0.25, -0.2) is 19.6 Å². The Balaban J connectivity index is -0.000000143. The van der Waals surface area contributed by atoms with Crippen molar-refractivity contribution < 1.29 is 15.1 Å². The van der Waals surface area contributed by atoms with Crippen molar-refractivity contribution in [1.29, 1.82) is 0 Å². The fourth-order valence-electron chi connectivity index (χ4n) is 0.254. The first-order valence-corrected chi connectivity index (χ1v) is 3.10. The van der Waals surface area contributed by atoms with Gasteiger partial charge in [-0.2, -0.15) is 0 Å². The van der Waals surface area contributed by atoms with Gasteiger partial charge in [0.15, 0.2) is 0 Å². The molecule has 0 spiro atoms. The molecule has 0 saturated carbocycles. The first kappa shape index (κ1) is 17.4. The van der Waals surface area contributed by atoms with Crippen molar-refractivity contribution in [2.24, 2.45) is 21.5 Å². The largest absolute Gasteiger partial charge is 0.412 e. The topological polar surface area (TPSA) is 142 Å². The molecule has 7 nitrogen and oxygen atoms in total. The maximum absolute atomic E-state index is 9.62. The molecule has 0 aromatic rings. The molecule has 7 heteroatoms. The third-order valence-corrected chi connectivity index (χ3v) is 0.513. The van der Waals surface area contributed by atoms with Gasteiger partial charge in [-0.05, 0) is 13.8 Å². The summed E-state index contributed by atoms with van der Waals surface area (Å²) in [5, 5.41) is 0. The second-order valence-corrected chi connectivity index (χ2v) is 1.45. The van der Waals surface area contributed by atoms with Gasteiger partial charge in [-0.1, -0.05) is 0 Å². The zero-order valence-electron chi connectivity index (χ0n) is 7.52. The molecule has 13 heavy (non-hydrogen) atoms.